The molecule has 1 aliphatic rings. The van der Waals surface area contributed by atoms with Crippen LogP contribution in [-0.2, 0) is 9.47 Å². The summed E-state index contributed by atoms with van der Waals surface area (Å²) in [6.45, 7) is 0. The lowest BCUT2D eigenvalue weighted by molar-refractivity contribution is -0.284. The third-order valence-corrected chi connectivity index (χ3v) is 2.69. The van der Waals surface area contributed by atoms with Crippen LogP contribution in [0.1, 0.15) is 0 Å². The highest BCUT2D eigenvalue weighted by Crippen LogP contribution is 2.22. The predicted octanol–water partition coefficient (Wildman–Crippen LogP) is -1.16. The smallest absolute Gasteiger partial charge is 0.186 e. The number of aliphatic hydroxyl groups is 3. The number of methoxy groups -OCH3 is 1. The lowest BCUT2D eigenvalue weighted by atomic mass is 10.0. The molecule has 1 heterocycles. The third kappa shape index (κ3) is 2.20. The molecule has 1 fully saturated rings. The fourth-order valence-electron chi connectivity index (χ4n) is 1.24. The van der Waals surface area contributed by atoms with Gasteiger partial charge in [-0.1, -0.05) is 15.9 Å². The van der Waals surface area contributed by atoms with Crippen molar-refractivity contribution < 1.29 is 24.8 Å². The highest BCUT2D eigenvalue weighted by atomic mass is 79.9. The summed E-state index contributed by atoms with van der Waals surface area (Å²) in [6.07, 6.45) is -5.00. The first-order chi connectivity index (χ1) is 6.11. The van der Waals surface area contributed by atoms with Crippen LogP contribution >= 0.6 is 15.9 Å². The van der Waals surface area contributed by atoms with Gasteiger partial charge < -0.3 is 24.8 Å². The van der Waals surface area contributed by atoms with Crippen LogP contribution in [0.4, 0.5) is 0 Å². The van der Waals surface area contributed by atoms with Gasteiger partial charge in [0.25, 0.3) is 0 Å². The van der Waals surface area contributed by atoms with E-state index in [2.05, 4.69) is 15.9 Å². The van der Waals surface area contributed by atoms with E-state index < -0.39 is 30.7 Å². The van der Waals surface area contributed by atoms with Crippen molar-refractivity contribution >= 4 is 15.9 Å². The average Bonchev–Trinajstić information content (AvgIpc) is 2.15. The van der Waals surface area contributed by atoms with Crippen molar-refractivity contribution in [2.24, 2.45) is 0 Å². The number of halogens is 1. The molecule has 0 radical (unpaired) electrons. The maximum Gasteiger partial charge on any atom is 0.186 e. The molecule has 0 spiro atoms. The van der Waals surface area contributed by atoms with Crippen LogP contribution in [0.2, 0.25) is 0 Å². The largest absolute Gasteiger partial charge is 0.388 e. The molecular weight excluding hydrogens is 244 g/mol. The zero-order valence-corrected chi connectivity index (χ0v) is 8.72. The highest BCUT2D eigenvalue weighted by molar-refractivity contribution is 9.09. The number of alkyl halides is 1. The molecule has 0 aliphatic carbocycles. The van der Waals surface area contributed by atoms with E-state index in [1.165, 1.54) is 7.11 Å². The lowest BCUT2D eigenvalue weighted by Gasteiger charge is -2.39. The Balaban J connectivity index is 2.66. The summed E-state index contributed by atoms with van der Waals surface area (Å²) < 4.78 is 9.94. The summed E-state index contributed by atoms with van der Waals surface area (Å²) in [7, 11) is 1.36. The first kappa shape index (κ1) is 11.4. The van der Waals surface area contributed by atoms with Gasteiger partial charge in [0.2, 0.25) is 0 Å². The quantitative estimate of drug-likeness (QED) is 0.543. The zero-order valence-electron chi connectivity index (χ0n) is 7.13. The van der Waals surface area contributed by atoms with Crippen molar-refractivity contribution in [1.29, 1.82) is 0 Å². The number of hydrogen-bond acceptors (Lipinski definition) is 5. The van der Waals surface area contributed by atoms with Crippen molar-refractivity contribution in [3.8, 4) is 0 Å². The summed E-state index contributed by atoms with van der Waals surface area (Å²) in [4.78, 5) is 0. The summed E-state index contributed by atoms with van der Waals surface area (Å²) in [5.41, 5.74) is 0. The third-order valence-electron chi connectivity index (χ3n) is 2.05. The molecule has 0 aromatic carbocycles. The summed E-state index contributed by atoms with van der Waals surface area (Å²) in [5.74, 6) is 0. The summed E-state index contributed by atoms with van der Waals surface area (Å²) in [5, 5.41) is 28.5. The Labute approximate surface area is 84.4 Å². The van der Waals surface area contributed by atoms with Crippen LogP contribution in [0.15, 0.2) is 0 Å². The molecule has 0 amide bonds. The van der Waals surface area contributed by atoms with E-state index in [1.807, 2.05) is 0 Å². The van der Waals surface area contributed by atoms with E-state index in [-0.39, 0.29) is 0 Å². The van der Waals surface area contributed by atoms with Crippen LogP contribution in [0.25, 0.3) is 0 Å². The van der Waals surface area contributed by atoms with Gasteiger partial charge in [-0.15, -0.1) is 0 Å². The molecule has 0 unspecified atom stereocenters. The molecule has 0 aromatic rings. The zero-order chi connectivity index (χ0) is 10.0. The Morgan fingerprint density at radius 1 is 1.23 bits per heavy atom. The monoisotopic (exact) mass is 256 g/mol. The molecule has 5 nitrogen and oxygen atoms in total. The molecule has 1 saturated heterocycles. The SMILES string of the molecule is CO[C@@H]1O[C@H](CBr)[C@@H](O)[C@H](O)[C@@H]1O. The second-order valence-electron chi connectivity index (χ2n) is 2.90. The maximum absolute atomic E-state index is 9.40. The molecule has 5 atom stereocenters. The van der Waals surface area contributed by atoms with Gasteiger partial charge in [0.15, 0.2) is 6.29 Å². The van der Waals surface area contributed by atoms with Gasteiger partial charge in [0.1, 0.15) is 18.3 Å². The van der Waals surface area contributed by atoms with Crippen LogP contribution in [0.5, 0.6) is 0 Å². The van der Waals surface area contributed by atoms with Gasteiger partial charge in [0.05, 0.1) is 6.10 Å². The van der Waals surface area contributed by atoms with Gasteiger partial charge in [-0.3, -0.25) is 0 Å². The van der Waals surface area contributed by atoms with E-state index in [4.69, 9.17) is 9.47 Å². The Bertz CT molecular complexity index is 147. The minimum absolute atomic E-state index is 0.373. The Kier molecular flexibility index (Phi) is 4.08. The number of hydrogen-bond donors (Lipinski definition) is 3. The van der Waals surface area contributed by atoms with Crippen LogP contribution in [0, 0.1) is 0 Å². The van der Waals surface area contributed by atoms with Crippen molar-refractivity contribution in [2.45, 2.75) is 30.7 Å². The number of ether oxygens (including phenoxy) is 2. The minimum Gasteiger partial charge on any atom is -0.388 e. The summed E-state index contributed by atoms with van der Waals surface area (Å²) >= 11 is 3.12. The predicted molar refractivity (Wildman–Crippen MR) is 47.5 cm³/mol. The van der Waals surface area contributed by atoms with E-state index in [0.717, 1.165) is 0 Å². The van der Waals surface area contributed by atoms with Crippen LogP contribution < -0.4 is 0 Å². The topological polar surface area (TPSA) is 79.2 Å². The highest BCUT2D eigenvalue weighted by Gasteiger charge is 2.43. The van der Waals surface area contributed by atoms with Gasteiger partial charge in [-0.25, -0.2) is 0 Å². The van der Waals surface area contributed by atoms with Crippen LogP contribution in [0.3, 0.4) is 0 Å². The lowest BCUT2D eigenvalue weighted by Crippen LogP contribution is -2.58. The van der Waals surface area contributed by atoms with Gasteiger partial charge in [0, 0.05) is 12.4 Å². The standard InChI is InChI=1S/C7H13BrO5/c1-12-7-6(11)5(10)4(9)3(2-8)13-7/h3-7,9-11H,2H2,1H3/t3-,4-,5+,6+,7-/m1/s1. The second-order valence-corrected chi connectivity index (χ2v) is 3.55. The molecule has 78 valence electrons. The fourth-order valence-corrected chi connectivity index (χ4v) is 1.77. The van der Waals surface area contributed by atoms with Gasteiger partial charge in [-0.05, 0) is 0 Å². The molecule has 0 saturated carbocycles. The van der Waals surface area contributed by atoms with E-state index in [0.29, 0.717) is 5.33 Å². The second kappa shape index (κ2) is 4.68. The maximum atomic E-state index is 9.40. The molecule has 1 rings (SSSR count). The molecule has 0 bridgehead atoms. The first-order valence-electron chi connectivity index (χ1n) is 3.90. The van der Waals surface area contributed by atoms with E-state index in [1.54, 1.807) is 0 Å². The normalized spacial score (nSPS) is 46.4. The van der Waals surface area contributed by atoms with Gasteiger partial charge in [-0.2, -0.15) is 0 Å². The van der Waals surface area contributed by atoms with Crippen LogP contribution in [-0.4, -0.2) is 58.5 Å². The number of aliphatic hydroxyl groups excluding tert-OH is 3. The molecule has 13 heavy (non-hydrogen) atoms. The molecular formula is C7H13BrO5. The Hall–Kier alpha value is 0.280. The van der Waals surface area contributed by atoms with Crippen molar-refractivity contribution in [2.75, 3.05) is 12.4 Å². The Morgan fingerprint density at radius 3 is 2.31 bits per heavy atom. The summed E-state index contributed by atoms with van der Waals surface area (Å²) in [6, 6.07) is 0. The number of rotatable bonds is 2. The van der Waals surface area contributed by atoms with Crippen molar-refractivity contribution in [3.63, 3.8) is 0 Å². The molecule has 0 aromatic heterocycles. The van der Waals surface area contributed by atoms with Gasteiger partial charge >= 0.3 is 0 Å². The molecule has 1 aliphatic heterocycles. The molecule has 3 N–H and O–H groups in total. The fraction of sp³-hybridized carbons (Fsp3) is 1.00. The average molecular weight is 257 g/mol. The minimum atomic E-state index is -1.23. The van der Waals surface area contributed by atoms with E-state index >= 15 is 0 Å². The Morgan fingerprint density at radius 2 is 1.85 bits per heavy atom. The van der Waals surface area contributed by atoms with E-state index in [9.17, 15) is 15.3 Å². The van der Waals surface area contributed by atoms with Crippen molar-refractivity contribution in [1.82, 2.24) is 0 Å². The first-order valence-corrected chi connectivity index (χ1v) is 5.02. The van der Waals surface area contributed by atoms with Crippen molar-refractivity contribution in [3.05, 3.63) is 0 Å². The molecule has 6 heteroatoms.